The van der Waals surface area contributed by atoms with E-state index in [2.05, 4.69) is 20.6 Å². The molecule has 0 aliphatic carbocycles. The summed E-state index contributed by atoms with van der Waals surface area (Å²) in [5.74, 6) is -2.17. The largest absolute Gasteiger partial charge is 0.494 e. The molecular weight excluding hydrogens is 491 g/mol. The van der Waals surface area contributed by atoms with E-state index in [1.165, 1.54) is 25.4 Å². The molecule has 0 fully saturated rings. The number of carbonyl (C=O) groups excluding carboxylic acids is 1. The molecule has 2 heterocycles. The van der Waals surface area contributed by atoms with Gasteiger partial charge in [0.1, 0.15) is 11.3 Å². The van der Waals surface area contributed by atoms with Crippen LogP contribution in [0.25, 0.3) is 22.2 Å². The molecule has 0 saturated carbocycles. The summed E-state index contributed by atoms with van der Waals surface area (Å²) in [6, 6.07) is 10.1. The zero-order valence-electron chi connectivity index (χ0n) is 21.3. The molecule has 3 N–H and O–H groups in total. The van der Waals surface area contributed by atoms with Crippen LogP contribution in [0.3, 0.4) is 0 Å². The number of fused-ring (bicyclic) bond motifs is 1. The van der Waals surface area contributed by atoms with Crippen LogP contribution in [0.5, 0.6) is 5.75 Å². The molecule has 0 saturated heterocycles. The number of hydrogen-bond donors (Lipinski definition) is 3. The van der Waals surface area contributed by atoms with Crippen LogP contribution in [-0.2, 0) is 11.8 Å². The lowest BCUT2D eigenvalue weighted by Gasteiger charge is -2.14. The summed E-state index contributed by atoms with van der Waals surface area (Å²) in [5.41, 5.74) is 1.86. The third kappa shape index (κ3) is 5.62. The van der Waals surface area contributed by atoms with E-state index >= 15 is 0 Å². The Morgan fingerprint density at radius 2 is 1.97 bits per heavy atom. The van der Waals surface area contributed by atoms with Crippen molar-refractivity contribution in [3.8, 4) is 17.0 Å². The van der Waals surface area contributed by atoms with E-state index in [9.17, 15) is 19.1 Å². The van der Waals surface area contributed by atoms with Gasteiger partial charge < -0.3 is 29.9 Å². The van der Waals surface area contributed by atoms with Gasteiger partial charge in [-0.1, -0.05) is 24.3 Å². The zero-order chi connectivity index (χ0) is 27.4. The molecule has 2 aromatic heterocycles. The standard InChI is InChI=1S/C27H27FN6O4/c1-33(2)11-7-10-24(35)30-20-13-21(23(38-4)12-19(20)28)31-27-29-14-17(26(36)37)25(32-27)18-15-34(3)22-9-6-5-8-16(18)22/h5-10,12-15H,11H2,1-4H3,(H,30,35)(H,36,37)(H,29,31,32)/b10-7+. The van der Waals surface area contributed by atoms with Crippen LogP contribution in [0.2, 0.25) is 0 Å². The number of hydrogen-bond acceptors (Lipinski definition) is 7. The predicted octanol–water partition coefficient (Wildman–Crippen LogP) is 4.28. The van der Waals surface area contributed by atoms with E-state index in [1.807, 2.05) is 54.9 Å². The van der Waals surface area contributed by atoms with Gasteiger partial charge in [-0.2, -0.15) is 0 Å². The Bertz CT molecular complexity index is 1550. The van der Waals surface area contributed by atoms with Crippen molar-refractivity contribution in [3.05, 3.63) is 72.3 Å². The van der Waals surface area contributed by atoms with Gasteiger partial charge in [0.15, 0.2) is 5.82 Å². The molecule has 0 bridgehead atoms. The average Bonchev–Trinajstić information content (AvgIpc) is 3.22. The number of carboxylic acids is 1. The maximum Gasteiger partial charge on any atom is 0.339 e. The van der Waals surface area contributed by atoms with Gasteiger partial charge in [0.25, 0.3) is 0 Å². The second kappa shape index (κ2) is 11.1. The number of ether oxygens (including phenoxy) is 1. The first kappa shape index (κ1) is 26.3. The molecule has 1 amide bonds. The predicted molar refractivity (Wildman–Crippen MR) is 143 cm³/mol. The number of benzene rings is 2. The van der Waals surface area contributed by atoms with Crippen LogP contribution in [0.1, 0.15) is 10.4 Å². The van der Waals surface area contributed by atoms with Gasteiger partial charge in [-0.3, -0.25) is 4.79 Å². The third-order valence-corrected chi connectivity index (χ3v) is 5.70. The molecule has 0 aliphatic rings. The summed E-state index contributed by atoms with van der Waals surface area (Å²) in [6.07, 6.45) is 5.99. The van der Waals surface area contributed by atoms with Crippen molar-refractivity contribution in [3.63, 3.8) is 0 Å². The Hall–Kier alpha value is -4.77. The maximum absolute atomic E-state index is 14.7. The van der Waals surface area contributed by atoms with Gasteiger partial charge in [0.05, 0.1) is 24.2 Å². The molecule has 2 aromatic carbocycles. The number of likely N-dealkylation sites (N-methyl/N-ethyl adjacent to an activating group) is 1. The van der Waals surface area contributed by atoms with Crippen LogP contribution in [-0.4, -0.2) is 64.2 Å². The number of halogens is 1. The summed E-state index contributed by atoms with van der Waals surface area (Å²) in [6.45, 7) is 0.550. The lowest BCUT2D eigenvalue weighted by molar-refractivity contribution is -0.111. The normalized spacial score (nSPS) is 11.3. The number of para-hydroxylation sites is 1. The van der Waals surface area contributed by atoms with E-state index in [-0.39, 0.29) is 34.3 Å². The highest BCUT2D eigenvalue weighted by molar-refractivity contribution is 6.02. The molecule has 38 heavy (non-hydrogen) atoms. The van der Waals surface area contributed by atoms with Crippen molar-refractivity contribution >= 4 is 40.1 Å². The number of nitrogens with one attached hydrogen (secondary N) is 2. The third-order valence-electron chi connectivity index (χ3n) is 5.70. The van der Waals surface area contributed by atoms with E-state index in [0.29, 0.717) is 12.1 Å². The molecular formula is C27H27FN6O4. The number of anilines is 3. The van der Waals surface area contributed by atoms with E-state index in [1.54, 1.807) is 12.3 Å². The summed E-state index contributed by atoms with van der Waals surface area (Å²) in [4.78, 5) is 34.8. The molecule has 4 aromatic rings. The van der Waals surface area contributed by atoms with Crippen LogP contribution >= 0.6 is 0 Å². The zero-order valence-corrected chi connectivity index (χ0v) is 21.3. The first-order valence-corrected chi connectivity index (χ1v) is 11.6. The van der Waals surface area contributed by atoms with Gasteiger partial charge >= 0.3 is 5.97 Å². The highest BCUT2D eigenvalue weighted by Gasteiger charge is 2.20. The minimum atomic E-state index is -1.17. The minimum Gasteiger partial charge on any atom is -0.494 e. The summed E-state index contributed by atoms with van der Waals surface area (Å²) < 4.78 is 21.9. The molecule has 0 radical (unpaired) electrons. The molecule has 4 rings (SSSR count). The topological polar surface area (TPSA) is 122 Å². The Labute approximate surface area is 218 Å². The van der Waals surface area contributed by atoms with Crippen molar-refractivity contribution < 1.29 is 23.8 Å². The minimum absolute atomic E-state index is 0.0611. The number of aromatic nitrogens is 3. The van der Waals surface area contributed by atoms with Crippen molar-refractivity contribution in [2.75, 3.05) is 38.4 Å². The summed E-state index contributed by atoms with van der Waals surface area (Å²) in [5, 5.41) is 16.1. The fourth-order valence-electron chi connectivity index (χ4n) is 3.92. The Balaban J connectivity index is 1.71. The molecule has 10 nitrogen and oxygen atoms in total. The van der Waals surface area contributed by atoms with Crippen molar-refractivity contribution in [1.29, 1.82) is 0 Å². The SMILES string of the molecule is COc1cc(F)c(NC(=O)/C=C/CN(C)C)cc1Nc1ncc(C(=O)O)c(-c2cn(C)c3ccccc23)n1. The summed E-state index contributed by atoms with van der Waals surface area (Å²) in [7, 11) is 6.96. The van der Waals surface area contributed by atoms with Gasteiger partial charge in [-0.25, -0.2) is 19.2 Å². The number of carbonyl (C=O) groups is 2. The maximum atomic E-state index is 14.7. The highest BCUT2D eigenvalue weighted by Crippen LogP contribution is 2.35. The first-order chi connectivity index (χ1) is 18.2. The van der Waals surface area contributed by atoms with Crippen LogP contribution in [0.4, 0.5) is 21.7 Å². The molecule has 0 atom stereocenters. The quantitative estimate of drug-likeness (QED) is 0.281. The lowest BCUT2D eigenvalue weighted by Crippen LogP contribution is -2.13. The lowest BCUT2D eigenvalue weighted by atomic mass is 10.1. The van der Waals surface area contributed by atoms with Crippen LogP contribution < -0.4 is 15.4 Å². The highest BCUT2D eigenvalue weighted by atomic mass is 19.1. The number of aromatic carboxylic acids is 1. The second-order valence-corrected chi connectivity index (χ2v) is 8.74. The second-order valence-electron chi connectivity index (χ2n) is 8.74. The fourth-order valence-corrected chi connectivity index (χ4v) is 3.92. The van der Waals surface area contributed by atoms with Gasteiger partial charge in [-0.15, -0.1) is 0 Å². The first-order valence-electron chi connectivity index (χ1n) is 11.6. The number of amides is 1. The molecule has 11 heteroatoms. The van der Waals surface area contributed by atoms with Crippen molar-refractivity contribution in [2.45, 2.75) is 0 Å². The van der Waals surface area contributed by atoms with E-state index in [4.69, 9.17) is 4.74 Å². The average molecular weight is 519 g/mol. The molecule has 0 aliphatic heterocycles. The number of methoxy groups -OCH3 is 1. The Morgan fingerprint density at radius 3 is 2.68 bits per heavy atom. The Kier molecular flexibility index (Phi) is 7.68. The van der Waals surface area contributed by atoms with Gasteiger partial charge in [0, 0.05) is 54.6 Å². The van der Waals surface area contributed by atoms with E-state index in [0.717, 1.165) is 17.0 Å². The molecule has 0 spiro atoms. The van der Waals surface area contributed by atoms with Crippen molar-refractivity contribution in [1.82, 2.24) is 19.4 Å². The smallest absolute Gasteiger partial charge is 0.339 e. The van der Waals surface area contributed by atoms with Crippen LogP contribution in [0, 0.1) is 5.82 Å². The molecule has 196 valence electrons. The van der Waals surface area contributed by atoms with Crippen LogP contribution in [0.15, 0.2) is 60.9 Å². The van der Waals surface area contributed by atoms with Crippen molar-refractivity contribution in [2.24, 2.45) is 7.05 Å². The number of nitrogens with zero attached hydrogens (tertiary/aromatic N) is 4. The van der Waals surface area contributed by atoms with Gasteiger partial charge in [-0.05, 0) is 26.2 Å². The number of rotatable bonds is 9. The number of carboxylic acid groups (broad SMARTS) is 1. The Morgan fingerprint density at radius 1 is 1.21 bits per heavy atom. The van der Waals surface area contributed by atoms with E-state index < -0.39 is 17.7 Å². The number of aryl methyl sites for hydroxylation is 1. The fraction of sp³-hybridized carbons (Fsp3) is 0.185. The van der Waals surface area contributed by atoms with Gasteiger partial charge in [0.2, 0.25) is 11.9 Å². The summed E-state index contributed by atoms with van der Waals surface area (Å²) >= 11 is 0. The monoisotopic (exact) mass is 518 g/mol. The molecule has 0 unspecified atom stereocenters.